The molecule has 4 rings (SSSR count). The van der Waals surface area contributed by atoms with Crippen LogP contribution in [0, 0.1) is 12.8 Å². The van der Waals surface area contributed by atoms with Crippen molar-refractivity contribution in [2.24, 2.45) is 5.92 Å². The number of aryl methyl sites for hydroxylation is 1. The van der Waals surface area contributed by atoms with Gasteiger partial charge in [-0.3, -0.25) is 0 Å². The fraction of sp³-hybridized carbons (Fsp3) is 0.375. The summed E-state index contributed by atoms with van der Waals surface area (Å²) in [5.74, 6) is 1.80. The van der Waals surface area contributed by atoms with E-state index in [2.05, 4.69) is 63.7 Å². The zero-order valence-corrected chi connectivity index (χ0v) is 11.6. The zero-order chi connectivity index (χ0) is 13.5. The van der Waals surface area contributed by atoms with Crippen molar-refractivity contribution in [3.8, 4) is 11.3 Å². The molecule has 2 aliphatic rings. The first-order valence-electron chi connectivity index (χ1n) is 7.19. The van der Waals surface area contributed by atoms with E-state index < -0.39 is 0 Å². The second kappa shape index (κ2) is 4.56. The number of fused-ring (bicyclic) bond motifs is 1. The molecule has 0 bridgehead atoms. The van der Waals surface area contributed by atoms with Crippen molar-refractivity contribution >= 4 is 5.82 Å². The van der Waals surface area contributed by atoms with Crippen molar-refractivity contribution in [3.63, 3.8) is 0 Å². The van der Waals surface area contributed by atoms with Crippen LogP contribution < -0.4 is 10.2 Å². The number of aromatic nitrogens is 2. The van der Waals surface area contributed by atoms with Gasteiger partial charge in [-0.15, -0.1) is 10.2 Å². The Morgan fingerprint density at radius 1 is 1.05 bits per heavy atom. The summed E-state index contributed by atoms with van der Waals surface area (Å²) in [5.41, 5.74) is 3.32. The minimum Gasteiger partial charge on any atom is -0.353 e. The van der Waals surface area contributed by atoms with Crippen LogP contribution in [0.4, 0.5) is 5.82 Å². The minimum atomic E-state index is 0.661. The Morgan fingerprint density at radius 2 is 1.90 bits per heavy atom. The molecule has 3 heterocycles. The Kier molecular flexibility index (Phi) is 2.70. The van der Waals surface area contributed by atoms with Crippen molar-refractivity contribution in [1.29, 1.82) is 0 Å². The predicted octanol–water partition coefficient (Wildman–Crippen LogP) is 1.86. The summed E-state index contributed by atoms with van der Waals surface area (Å²) in [6, 6.07) is 13.2. The lowest BCUT2D eigenvalue weighted by molar-refractivity contribution is 0.297. The monoisotopic (exact) mass is 266 g/mol. The molecule has 2 fully saturated rings. The van der Waals surface area contributed by atoms with E-state index in [1.165, 1.54) is 5.56 Å². The minimum absolute atomic E-state index is 0.661. The van der Waals surface area contributed by atoms with E-state index in [4.69, 9.17) is 0 Å². The highest BCUT2D eigenvalue weighted by molar-refractivity contribution is 5.60. The Balaban J connectivity index is 1.55. The maximum atomic E-state index is 4.40. The molecule has 1 aromatic carbocycles. The van der Waals surface area contributed by atoms with Crippen LogP contribution in [-0.2, 0) is 0 Å². The summed E-state index contributed by atoms with van der Waals surface area (Å²) < 4.78 is 0. The quantitative estimate of drug-likeness (QED) is 0.901. The number of rotatable bonds is 2. The summed E-state index contributed by atoms with van der Waals surface area (Å²) in [6.07, 6.45) is 0. The van der Waals surface area contributed by atoms with Crippen LogP contribution in [0.5, 0.6) is 0 Å². The van der Waals surface area contributed by atoms with Crippen LogP contribution >= 0.6 is 0 Å². The van der Waals surface area contributed by atoms with Crippen LogP contribution in [0.2, 0.25) is 0 Å². The average molecular weight is 266 g/mol. The van der Waals surface area contributed by atoms with E-state index in [1.54, 1.807) is 0 Å². The largest absolute Gasteiger partial charge is 0.353 e. The zero-order valence-electron chi connectivity index (χ0n) is 11.6. The molecule has 4 heteroatoms. The fourth-order valence-electron chi connectivity index (χ4n) is 3.01. The van der Waals surface area contributed by atoms with Crippen LogP contribution in [-0.4, -0.2) is 35.9 Å². The summed E-state index contributed by atoms with van der Waals surface area (Å²) in [4.78, 5) is 2.33. The number of nitrogens with zero attached hydrogens (tertiary/aromatic N) is 3. The summed E-state index contributed by atoms with van der Waals surface area (Å²) in [7, 11) is 0. The van der Waals surface area contributed by atoms with Crippen molar-refractivity contribution < 1.29 is 0 Å². The molecule has 2 aromatic rings. The highest BCUT2D eigenvalue weighted by Gasteiger charge is 2.39. The maximum Gasteiger partial charge on any atom is 0.151 e. The second-order valence-electron chi connectivity index (χ2n) is 5.82. The number of hydrogen-bond donors (Lipinski definition) is 1. The second-order valence-corrected chi connectivity index (χ2v) is 5.82. The van der Waals surface area contributed by atoms with E-state index in [-0.39, 0.29) is 0 Å². The van der Waals surface area contributed by atoms with Gasteiger partial charge in [-0.2, -0.15) is 0 Å². The SMILES string of the molecule is Cc1ccc(-c2ccc(N3C[C@H]4CN[C@H]4C3)nn2)cc1. The Labute approximate surface area is 118 Å². The standard InChI is InChI=1S/C16H18N4/c1-11-2-4-12(5-3-11)14-6-7-16(19-18-14)20-9-13-8-17-15(13)10-20/h2-7,13,15,17H,8-10H2,1H3/t13-,15+/m1/s1. The molecule has 20 heavy (non-hydrogen) atoms. The van der Waals surface area contributed by atoms with Gasteiger partial charge in [-0.05, 0) is 19.1 Å². The lowest BCUT2D eigenvalue weighted by Crippen LogP contribution is -2.51. The molecular weight excluding hydrogens is 248 g/mol. The highest BCUT2D eigenvalue weighted by Crippen LogP contribution is 2.27. The van der Waals surface area contributed by atoms with Gasteiger partial charge in [0.05, 0.1) is 5.69 Å². The third-order valence-electron chi connectivity index (χ3n) is 4.41. The van der Waals surface area contributed by atoms with Crippen molar-refractivity contribution in [1.82, 2.24) is 15.5 Å². The van der Waals surface area contributed by atoms with Gasteiger partial charge >= 0.3 is 0 Å². The van der Waals surface area contributed by atoms with Crippen molar-refractivity contribution in [3.05, 3.63) is 42.0 Å². The van der Waals surface area contributed by atoms with Crippen LogP contribution in [0.15, 0.2) is 36.4 Å². The molecular formula is C16H18N4. The topological polar surface area (TPSA) is 41.0 Å². The Morgan fingerprint density at radius 3 is 2.45 bits per heavy atom. The van der Waals surface area contributed by atoms with E-state index in [0.717, 1.165) is 42.6 Å². The maximum absolute atomic E-state index is 4.40. The van der Waals surface area contributed by atoms with E-state index in [9.17, 15) is 0 Å². The molecule has 2 atom stereocenters. The third kappa shape index (κ3) is 1.96. The molecule has 102 valence electrons. The molecule has 2 saturated heterocycles. The van der Waals surface area contributed by atoms with Gasteiger partial charge < -0.3 is 10.2 Å². The highest BCUT2D eigenvalue weighted by atomic mass is 15.3. The summed E-state index contributed by atoms with van der Waals surface area (Å²) >= 11 is 0. The molecule has 1 aromatic heterocycles. The van der Waals surface area contributed by atoms with Gasteiger partial charge in [0.2, 0.25) is 0 Å². The smallest absolute Gasteiger partial charge is 0.151 e. The number of benzene rings is 1. The van der Waals surface area contributed by atoms with Gasteiger partial charge in [0.1, 0.15) is 0 Å². The number of hydrogen-bond acceptors (Lipinski definition) is 4. The fourth-order valence-corrected chi connectivity index (χ4v) is 3.01. The lowest BCUT2D eigenvalue weighted by Gasteiger charge is -2.29. The first kappa shape index (κ1) is 11.9. The molecule has 0 spiro atoms. The van der Waals surface area contributed by atoms with Gasteiger partial charge in [0.25, 0.3) is 0 Å². The van der Waals surface area contributed by atoms with E-state index in [1.807, 2.05) is 0 Å². The van der Waals surface area contributed by atoms with Crippen LogP contribution in [0.3, 0.4) is 0 Å². The predicted molar refractivity (Wildman–Crippen MR) is 79.7 cm³/mol. The molecule has 0 aliphatic carbocycles. The molecule has 4 nitrogen and oxygen atoms in total. The van der Waals surface area contributed by atoms with Gasteiger partial charge in [-0.1, -0.05) is 29.8 Å². The number of anilines is 1. The molecule has 0 unspecified atom stereocenters. The normalized spacial score (nSPS) is 24.4. The molecule has 0 amide bonds. The Hall–Kier alpha value is -1.94. The number of nitrogens with one attached hydrogen (secondary N) is 1. The third-order valence-corrected chi connectivity index (χ3v) is 4.41. The first-order chi connectivity index (χ1) is 9.79. The van der Waals surface area contributed by atoms with Crippen LogP contribution in [0.25, 0.3) is 11.3 Å². The van der Waals surface area contributed by atoms with Gasteiger partial charge in [-0.25, -0.2) is 0 Å². The van der Waals surface area contributed by atoms with E-state index >= 15 is 0 Å². The summed E-state index contributed by atoms with van der Waals surface area (Å²) in [6.45, 7) is 5.41. The van der Waals surface area contributed by atoms with Crippen molar-refractivity contribution in [2.75, 3.05) is 24.5 Å². The average Bonchev–Trinajstić information content (AvgIpc) is 2.76. The molecule has 0 saturated carbocycles. The lowest BCUT2D eigenvalue weighted by atomic mass is 9.96. The summed E-state index contributed by atoms with van der Waals surface area (Å²) in [5, 5.41) is 12.2. The molecule has 0 radical (unpaired) electrons. The van der Waals surface area contributed by atoms with E-state index in [0.29, 0.717) is 6.04 Å². The van der Waals surface area contributed by atoms with Crippen LogP contribution in [0.1, 0.15) is 5.56 Å². The Bertz CT molecular complexity index is 593. The first-order valence-corrected chi connectivity index (χ1v) is 7.19. The molecule has 1 N–H and O–H groups in total. The van der Waals surface area contributed by atoms with Gasteiger partial charge in [0.15, 0.2) is 5.82 Å². The molecule has 2 aliphatic heterocycles. The van der Waals surface area contributed by atoms with Crippen molar-refractivity contribution in [2.45, 2.75) is 13.0 Å². The van der Waals surface area contributed by atoms with Gasteiger partial charge in [0, 0.05) is 37.2 Å².